The van der Waals surface area contributed by atoms with Crippen LogP contribution < -0.4 is 9.80 Å². The molecule has 0 aromatic heterocycles. The number of anilines is 5. The van der Waals surface area contributed by atoms with E-state index >= 15 is 0 Å². The van der Waals surface area contributed by atoms with Gasteiger partial charge < -0.3 is 9.80 Å². The lowest BCUT2D eigenvalue weighted by Crippen LogP contribution is -2.12. The first-order valence-corrected chi connectivity index (χ1v) is 16.1. The van der Waals surface area contributed by atoms with Crippen molar-refractivity contribution in [3.63, 3.8) is 0 Å². The molecule has 46 heavy (non-hydrogen) atoms. The highest BCUT2D eigenvalue weighted by atomic mass is 15.1. The number of hydrogen-bond donors (Lipinski definition) is 0. The third-order valence-corrected chi connectivity index (χ3v) is 8.80. The van der Waals surface area contributed by atoms with Crippen LogP contribution in [0, 0.1) is 5.92 Å². The van der Waals surface area contributed by atoms with Crippen LogP contribution in [0.15, 0.2) is 176 Å². The Morgan fingerprint density at radius 1 is 0.457 bits per heavy atom. The molecule has 0 radical (unpaired) electrons. The molecular formula is C44H38N2. The maximum Gasteiger partial charge on any atom is 0.0467 e. The van der Waals surface area contributed by atoms with Crippen molar-refractivity contribution in [1.82, 2.24) is 0 Å². The standard InChI is InChI=1S/C44H38N2/c1-33-22-24-36(25-23-33)37-16-9-19-42(30-37)45(2)40-26-28-41(29-27-40)46(43-20-10-17-38(31-43)34-12-5-3-6-13-34)44-21-11-18-39(32-44)35-14-7-4-8-15-35/h3-22,24-33H,23H2,1-2H3. The molecule has 1 aliphatic carbocycles. The first-order chi connectivity index (χ1) is 22.6. The molecule has 1 aliphatic rings. The smallest absolute Gasteiger partial charge is 0.0467 e. The van der Waals surface area contributed by atoms with Gasteiger partial charge in [0.1, 0.15) is 0 Å². The zero-order chi connectivity index (χ0) is 31.3. The van der Waals surface area contributed by atoms with Crippen LogP contribution in [0.1, 0.15) is 18.9 Å². The summed E-state index contributed by atoms with van der Waals surface area (Å²) < 4.78 is 0. The number of hydrogen-bond acceptors (Lipinski definition) is 2. The molecule has 224 valence electrons. The summed E-state index contributed by atoms with van der Waals surface area (Å²) in [6, 6.07) is 56.5. The molecule has 6 aromatic rings. The predicted octanol–water partition coefficient (Wildman–Crippen LogP) is 12.2. The van der Waals surface area contributed by atoms with Crippen LogP contribution in [-0.2, 0) is 0 Å². The summed E-state index contributed by atoms with van der Waals surface area (Å²) in [5, 5.41) is 0. The Balaban J connectivity index is 1.25. The molecule has 2 heteroatoms. The molecule has 2 nitrogen and oxygen atoms in total. The second-order valence-corrected chi connectivity index (χ2v) is 12.0. The van der Waals surface area contributed by atoms with E-state index in [-0.39, 0.29) is 0 Å². The maximum absolute atomic E-state index is 2.35. The van der Waals surface area contributed by atoms with Crippen LogP contribution >= 0.6 is 0 Å². The van der Waals surface area contributed by atoms with Crippen LogP contribution in [-0.4, -0.2) is 7.05 Å². The van der Waals surface area contributed by atoms with Gasteiger partial charge in [-0.15, -0.1) is 0 Å². The summed E-state index contributed by atoms with van der Waals surface area (Å²) in [4.78, 5) is 4.62. The Bertz CT molecular complexity index is 1910. The lowest BCUT2D eigenvalue weighted by atomic mass is 9.94. The minimum Gasteiger partial charge on any atom is -0.345 e. The summed E-state index contributed by atoms with van der Waals surface area (Å²) in [7, 11) is 2.14. The van der Waals surface area contributed by atoms with E-state index in [9.17, 15) is 0 Å². The van der Waals surface area contributed by atoms with Crippen LogP contribution in [0.4, 0.5) is 28.4 Å². The van der Waals surface area contributed by atoms with Crippen LogP contribution in [0.3, 0.4) is 0 Å². The van der Waals surface area contributed by atoms with Crippen molar-refractivity contribution in [2.45, 2.75) is 13.3 Å². The average Bonchev–Trinajstić information content (AvgIpc) is 3.13. The number of benzene rings is 6. The highest BCUT2D eigenvalue weighted by Gasteiger charge is 2.16. The normalized spacial score (nSPS) is 14.0. The molecule has 0 saturated heterocycles. The zero-order valence-corrected chi connectivity index (χ0v) is 26.4. The van der Waals surface area contributed by atoms with E-state index in [2.05, 4.69) is 200 Å². The molecule has 0 amide bonds. The fourth-order valence-electron chi connectivity index (χ4n) is 6.17. The van der Waals surface area contributed by atoms with E-state index in [0.717, 1.165) is 29.2 Å². The second kappa shape index (κ2) is 13.2. The molecule has 0 saturated carbocycles. The Labute approximate surface area is 273 Å². The average molecular weight is 595 g/mol. The van der Waals surface area contributed by atoms with E-state index in [1.54, 1.807) is 0 Å². The molecule has 7 rings (SSSR count). The van der Waals surface area contributed by atoms with Gasteiger partial charge in [-0.2, -0.15) is 0 Å². The summed E-state index contributed by atoms with van der Waals surface area (Å²) >= 11 is 0. The minimum absolute atomic E-state index is 0.606. The zero-order valence-electron chi connectivity index (χ0n) is 26.4. The molecule has 6 aromatic carbocycles. The Morgan fingerprint density at radius 3 is 1.48 bits per heavy atom. The minimum atomic E-state index is 0.606. The molecule has 1 unspecified atom stereocenters. The fourth-order valence-corrected chi connectivity index (χ4v) is 6.17. The van der Waals surface area contributed by atoms with Crippen LogP contribution in [0.5, 0.6) is 0 Å². The quantitative estimate of drug-likeness (QED) is 0.173. The summed E-state index contributed by atoms with van der Waals surface area (Å²) in [5.74, 6) is 0.606. The van der Waals surface area contributed by atoms with Gasteiger partial charge in [0.15, 0.2) is 0 Å². The van der Waals surface area contributed by atoms with Crippen molar-refractivity contribution in [1.29, 1.82) is 0 Å². The van der Waals surface area contributed by atoms with Crippen molar-refractivity contribution in [3.05, 3.63) is 182 Å². The third-order valence-electron chi connectivity index (χ3n) is 8.80. The molecule has 0 bridgehead atoms. The van der Waals surface area contributed by atoms with Crippen molar-refractivity contribution in [3.8, 4) is 22.3 Å². The molecule has 0 heterocycles. The first kappa shape index (κ1) is 29.1. The van der Waals surface area contributed by atoms with Crippen LogP contribution in [0.2, 0.25) is 0 Å². The van der Waals surface area contributed by atoms with E-state index in [1.165, 1.54) is 39.1 Å². The molecule has 1 atom stereocenters. The monoisotopic (exact) mass is 594 g/mol. The Morgan fingerprint density at radius 2 is 0.935 bits per heavy atom. The summed E-state index contributed by atoms with van der Waals surface area (Å²) in [5.41, 5.74) is 13.0. The van der Waals surface area contributed by atoms with Gasteiger partial charge in [-0.05, 0) is 106 Å². The lowest BCUT2D eigenvalue weighted by molar-refractivity contribution is 0.739. The second-order valence-electron chi connectivity index (χ2n) is 12.0. The predicted molar refractivity (Wildman–Crippen MR) is 197 cm³/mol. The lowest BCUT2D eigenvalue weighted by Gasteiger charge is -2.27. The van der Waals surface area contributed by atoms with Gasteiger partial charge in [0.05, 0.1) is 0 Å². The van der Waals surface area contributed by atoms with Crippen molar-refractivity contribution >= 4 is 34.0 Å². The Kier molecular flexibility index (Phi) is 8.34. The van der Waals surface area contributed by atoms with Crippen molar-refractivity contribution in [2.75, 3.05) is 16.8 Å². The number of rotatable bonds is 8. The largest absolute Gasteiger partial charge is 0.345 e. The van der Waals surface area contributed by atoms with E-state index in [1.807, 2.05) is 0 Å². The van der Waals surface area contributed by atoms with E-state index in [0.29, 0.717) is 5.92 Å². The summed E-state index contributed by atoms with van der Waals surface area (Å²) in [6.45, 7) is 2.26. The molecule has 0 aliphatic heterocycles. The maximum atomic E-state index is 2.35. The first-order valence-electron chi connectivity index (χ1n) is 16.1. The van der Waals surface area contributed by atoms with Crippen LogP contribution in [0.25, 0.3) is 27.8 Å². The highest BCUT2D eigenvalue weighted by molar-refractivity contribution is 5.83. The SMILES string of the molecule is CC1C=CC(c2cccc(N(C)c3ccc(N(c4cccc(-c5ccccc5)c4)c4cccc(-c5ccccc5)c4)cc3)c2)=CC1. The topological polar surface area (TPSA) is 6.48 Å². The van der Waals surface area contributed by atoms with Crippen molar-refractivity contribution in [2.24, 2.45) is 5.92 Å². The third kappa shape index (κ3) is 6.29. The molecular weight excluding hydrogens is 556 g/mol. The van der Waals surface area contributed by atoms with Gasteiger partial charge in [-0.25, -0.2) is 0 Å². The van der Waals surface area contributed by atoms with Gasteiger partial charge >= 0.3 is 0 Å². The van der Waals surface area contributed by atoms with Gasteiger partial charge in [0.2, 0.25) is 0 Å². The van der Waals surface area contributed by atoms with Gasteiger partial charge in [0.25, 0.3) is 0 Å². The Hall–Kier alpha value is -5.60. The highest BCUT2D eigenvalue weighted by Crippen LogP contribution is 2.39. The van der Waals surface area contributed by atoms with Crippen molar-refractivity contribution < 1.29 is 0 Å². The van der Waals surface area contributed by atoms with Gasteiger partial charge in [-0.1, -0.05) is 122 Å². The molecule has 0 spiro atoms. The van der Waals surface area contributed by atoms with E-state index in [4.69, 9.17) is 0 Å². The van der Waals surface area contributed by atoms with Gasteiger partial charge in [0, 0.05) is 35.5 Å². The van der Waals surface area contributed by atoms with E-state index < -0.39 is 0 Å². The number of allylic oxidation sites excluding steroid dienone is 4. The molecule has 0 N–H and O–H groups in total. The molecule has 0 fully saturated rings. The number of nitrogens with zero attached hydrogens (tertiary/aromatic N) is 2. The summed E-state index contributed by atoms with van der Waals surface area (Å²) in [6.07, 6.45) is 8.01. The van der Waals surface area contributed by atoms with Gasteiger partial charge in [-0.3, -0.25) is 0 Å². The fraction of sp³-hybridized carbons (Fsp3) is 0.0909.